The molecule has 3 aromatic rings. The molecule has 0 atom stereocenters. The molecule has 0 aliphatic rings. The molecule has 0 spiro atoms. The fourth-order valence-corrected chi connectivity index (χ4v) is 3.21. The Bertz CT molecular complexity index is 1150. The van der Waals surface area contributed by atoms with E-state index < -0.39 is 0 Å². The minimum absolute atomic E-state index is 0.322. The molecular formula is C20H24N4O3. The van der Waals surface area contributed by atoms with Crippen molar-refractivity contribution in [3.8, 4) is 5.75 Å². The second-order valence-electron chi connectivity index (χ2n) is 6.34. The van der Waals surface area contributed by atoms with Crippen molar-refractivity contribution < 1.29 is 4.74 Å². The van der Waals surface area contributed by atoms with Crippen molar-refractivity contribution in [1.82, 2.24) is 19.1 Å². The highest BCUT2D eigenvalue weighted by Gasteiger charge is 2.15. The summed E-state index contributed by atoms with van der Waals surface area (Å²) in [6.07, 6.45) is 3.75. The van der Waals surface area contributed by atoms with E-state index in [1.165, 1.54) is 9.13 Å². The first kappa shape index (κ1) is 18.7. The Kier molecular flexibility index (Phi) is 5.03. The van der Waals surface area contributed by atoms with Crippen molar-refractivity contribution in [2.45, 2.75) is 40.8 Å². The molecule has 7 heteroatoms. The van der Waals surface area contributed by atoms with Crippen molar-refractivity contribution in [1.29, 1.82) is 0 Å². The molecule has 1 N–H and O–H groups in total. The fraction of sp³-hybridized carbons (Fsp3) is 0.350. The van der Waals surface area contributed by atoms with Crippen LogP contribution in [0.15, 0.2) is 21.7 Å². The number of benzene rings is 1. The number of imidazole rings is 1. The van der Waals surface area contributed by atoms with Gasteiger partial charge in [0, 0.05) is 13.1 Å². The third kappa shape index (κ3) is 3.09. The van der Waals surface area contributed by atoms with Gasteiger partial charge in [-0.05, 0) is 56.5 Å². The quantitative estimate of drug-likeness (QED) is 0.751. The highest BCUT2D eigenvalue weighted by atomic mass is 16.5. The number of nitrogens with zero attached hydrogens (tertiary/aromatic N) is 3. The van der Waals surface area contributed by atoms with Gasteiger partial charge in [0.05, 0.1) is 7.11 Å². The van der Waals surface area contributed by atoms with Gasteiger partial charge in [0.2, 0.25) is 0 Å². The van der Waals surface area contributed by atoms with Crippen LogP contribution in [0.2, 0.25) is 0 Å². The van der Waals surface area contributed by atoms with Gasteiger partial charge in [-0.1, -0.05) is 12.1 Å². The number of aryl methyl sites for hydroxylation is 1. The monoisotopic (exact) mass is 368 g/mol. The van der Waals surface area contributed by atoms with Crippen LogP contribution in [0.4, 0.5) is 0 Å². The van der Waals surface area contributed by atoms with Crippen LogP contribution in [0, 0.1) is 13.8 Å². The number of H-pyrrole nitrogens is 1. The van der Waals surface area contributed by atoms with Gasteiger partial charge < -0.3 is 9.72 Å². The number of rotatable bonds is 5. The first-order valence-electron chi connectivity index (χ1n) is 8.98. The van der Waals surface area contributed by atoms with Crippen LogP contribution in [0.25, 0.3) is 23.3 Å². The topological polar surface area (TPSA) is 81.9 Å². The molecule has 0 radical (unpaired) electrons. The zero-order valence-corrected chi connectivity index (χ0v) is 16.3. The van der Waals surface area contributed by atoms with Crippen molar-refractivity contribution in [2.24, 2.45) is 0 Å². The van der Waals surface area contributed by atoms with E-state index in [1.807, 2.05) is 45.1 Å². The summed E-state index contributed by atoms with van der Waals surface area (Å²) in [4.78, 5) is 32.5. The number of ether oxygens (including phenoxy) is 1. The lowest BCUT2D eigenvalue weighted by Gasteiger charge is -2.09. The second kappa shape index (κ2) is 7.26. The van der Waals surface area contributed by atoms with Crippen LogP contribution in [0.5, 0.6) is 5.75 Å². The first-order chi connectivity index (χ1) is 12.9. The normalized spacial score (nSPS) is 11.6. The van der Waals surface area contributed by atoms with Gasteiger partial charge in [-0.25, -0.2) is 9.78 Å². The SMILES string of the molecule is CCn1c(=O)c2[nH]c(C=Cc3ccc(OC)c(C)c3C)nc2n(CC)c1=O. The minimum atomic E-state index is -0.342. The zero-order chi connectivity index (χ0) is 19.7. The van der Waals surface area contributed by atoms with E-state index in [0.29, 0.717) is 30.1 Å². The van der Waals surface area contributed by atoms with Gasteiger partial charge in [-0.15, -0.1) is 0 Å². The van der Waals surface area contributed by atoms with Crippen LogP contribution in [0.1, 0.15) is 36.4 Å². The fourth-order valence-electron chi connectivity index (χ4n) is 3.21. The molecule has 2 aromatic heterocycles. The predicted octanol–water partition coefficient (Wildman–Crippen LogP) is 2.72. The molecule has 0 aliphatic heterocycles. The summed E-state index contributed by atoms with van der Waals surface area (Å²) in [5.41, 5.74) is 3.29. The highest BCUT2D eigenvalue weighted by molar-refractivity contribution is 5.76. The number of methoxy groups -OCH3 is 1. The summed E-state index contributed by atoms with van der Waals surface area (Å²) in [7, 11) is 1.65. The lowest BCUT2D eigenvalue weighted by atomic mass is 10.0. The van der Waals surface area contributed by atoms with Crippen LogP contribution >= 0.6 is 0 Å². The number of aromatic nitrogens is 4. The number of fused-ring (bicyclic) bond motifs is 1. The molecule has 142 valence electrons. The molecule has 0 unspecified atom stereocenters. The van der Waals surface area contributed by atoms with Gasteiger partial charge in [0.25, 0.3) is 5.56 Å². The van der Waals surface area contributed by atoms with Crippen LogP contribution in [-0.2, 0) is 13.1 Å². The molecule has 2 heterocycles. The molecule has 3 rings (SSSR count). The average molecular weight is 368 g/mol. The Morgan fingerprint density at radius 2 is 1.78 bits per heavy atom. The summed E-state index contributed by atoms with van der Waals surface area (Å²) >= 11 is 0. The van der Waals surface area contributed by atoms with E-state index in [2.05, 4.69) is 9.97 Å². The number of hydrogen-bond acceptors (Lipinski definition) is 4. The van der Waals surface area contributed by atoms with Crippen LogP contribution in [0.3, 0.4) is 0 Å². The molecule has 7 nitrogen and oxygen atoms in total. The smallest absolute Gasteiger partial charge is 0.332 e. The summed E-state index contributed by atoms with van der Waals surface area (Å²) in [6, 6.07) is 3.90. The standard InChI is InChI=1S/C20H24N4O3/c1-6-23-18-17(19(25)24(7-2)20(23)26)21-16(22-18)11-9-14-8-10-15(27-5)13(4)12(14)3/h8-11H,6-7H2,1-5H3,(H,21,22). The summed E-state index contributed by atoms with van der Waals surface area (Å²) in [5, 5.41) is 0. The molecule has 1 aromatic carbocycles. The Labute approximate surface area is 156 Å². The Morgan fingerprint density at radius 3 is 2.41 bits per heavy atom. The third-order valence-electron chi connectivity index (χ3n) is 4.93. The maximum absolute atomic E-state index is 12.5. The molecule has 0 aliphatic carbocycles. The average Bonchev–Trinajstić information content (AvgIpc) is 3.08. The Hall–Kier alpha value is -3.09. The van der Waals surface area contributed by atoms with E-state index in [4.69, 9.17) is 4.74 Å². The molecule has 0 saturated carbocycles. The molecule has 0 fully saturated rings. The molecule has 0 bridgehead atoms. The molecule has 0 amide bonds. The zero-order valence-electron chi connectivity index (χ0n) is 16.3. The largest absolute Gasteiger partial charge is 0.496 e. The maximum Gasteiger partial charge on any atom is 0.332 e. The summed E-state index contributed by atoms with van der Waals surface area (Å²) < 4.78 is 8.07. The lowest BCUT2D eigenvalue weighted by molar-refractivity contribution is 0.411. The van der Waals surface area contributed by atoms with Crippen LogP contribution in [-0.4, -0.2) is 26.2 Å². The number of hydrogen-bond donors (Lipinski definition) is 1. The van der Waals surface area contributed by atoms with Crippen LogP contribution < -0.4 is 16.0 Å². The maximum atomic E-state index is 12.5. The van der Waals surface area contributed by atoms with Crippen molar-refractivity contribution >= 4 is 23.3 Å². The van der Waals surface area contributed by atoms with Crippen molar-refractivity contribution in [3.05, 3.63) is 55.5 Å². The summed E-state index contributed by atoms with van der Waals surface area (Å²) in [5.74, 6) is 1.38. The van der Waals surface area contributed by atoms with E-state index in [0.717, 1.165) is 22.4 Å². The highest BCUT2D eigenvalue weighted by Crippen LogP contribution is 2.25. The molecule has 0 saturated heterocycles. The van der Waals surface area contributed by atoms with Gasteiger partial charge >= 0.3 is 5.69 Å². The van der Waals surface area contributed by atoms with Gasteiger partial charge in [0.1, 0.15) is 17.1 Å². The minimum Gasteiger partial charge on any atom is -0.496 e. The first-order valence-corrected chi connectivity index (χ1v) is 8.98. The molecule has 27 heavy (non-hydrogen) atoms. The second-order valence-corrected chi connectivity index (χ2v) is 6.34. The van der Waals surface area contributed by atoms with Gasteiger partial charge in [-0.3, -0.25) is 13.9 Å². The Morgan fingerprint density at radius 1 is 1.07 bits per heavy atom. The summed E-state index contributed by atoms with van der Waals surface area (Å²) in [6.45, 7) is 8.45. The van der Waals surface area contributed by atoms with Crippen molar-refractivity contribution in [3.63, 3.8) is 0 Å². The van der Waals surface area contributed by atoms with Gasteiger partial charge in [-0.2, -0.15) is 0 Å². The lowest BCUT2D eigenvalue weighted by Crippen LogP contribution is -2.39. The van der Waals surface area contributed by atoms with E-state index in [-0.39, 0.29) is 11.2 Å². The Balaban J connectivity index is 2.11. The number of aromatic amines is 1. The van der Waals surface area contributed by atoms with Gasteiger partial charge in [0.15, 0.2) is 5.65 Å². The predicted molar refractivity (Wildman–Crippen MR) is 107 cm³/mol. The van der Waals surface area contributed by atoms with E-state index in [9.17, 15) is 9.59 Å². The van der Waals surface area contributed by atoms with E-state index >= 15 is 0 Å². The third-order valence-corrected chi connectivity index (χ3v) is 4.93. The van der Waals surface area contributed by atoms with E-state index in [1.54, 1.807) is 14.0 Å². The number of nitrogens with one attached hydrogen (secondary N) is 1. The van der Waals surface area contributed by atoms with Crippen molar-refractivity contribution in [2.75, 3.05) is 7.11 Å². The molecular weight excluding hydrogens is 344 g/mol.